The van der Waals surface area contributed by atoms with Crippen LogP contribution in [0.25, 0.3) is 16.6 Å². The number of amides is 1. The zero-order valence-electron chi connectivity index (χ0n) is 21.7. The van der Waals surface area contributed by atoms with Crippen molar-refractivity contribution < 1.29 is 9.53 Å². The molecule has 1 heterocycles. The molecule has 5 aromatic rings. The number of fused-ring (bicyclic) bond motifs is 1. The molecular weight excluding hydrogens is 506 g/mol. The van der Waals surface area contributed by atoms with Crippen molar-refractivity contribution in [2.24, 2.45) is 0 Å². The molecule has 6 nitrogen and oxygen atoms in total. The second kappa shape index (κ2) is 12.5. The van der Waals surface area contributed by atoms with E-state index in [1.807, 2.05) is 89.8 Å². The second-order valence-electron chi connectivity index (χ2n) is 9.08. The molecule has 0 saturated heterocycles. The molecule has 0 aliphatic carbocycles. The first-order chi connectivity index (χ1) is 19.1. The number of aromatic nitrogens is 2. The van der Waals surface area contributed by atoms with Crippen LogP contribution in [-0.2, 0) is 17.8 Å². The van der Waals surface area contributed by atoms with E-state index in [4.69, 9.17) is 9.72 Å². The smallest absolute Gasteiger partial charge is 0.266 e. The minimum Gasteiger partial charge on any atom is -0.497 e. The lowest BCUT2D eigenvalue weighted by Crippen LogP contribution is -2.34. The third-order valence-corrected chi connectivity index (χ3v) is 7.39. The number of carbonyl (C=O) groups excluding carboxylic acids is 1. The largest absolute Gasteiger partial charge is 0.497 e. The van der Waals surface area contributed by atoms with Crippen LogP contribution in [0.1, 0.15) is 11.1 Å². The lowest BCUT2D eigenvalue weighted by molar-refractivity contribution is -0.128. The number of rotatable bonds is 10. The van der Waals surface area contributed by atoms with Crippen LogP contribution in [0.5, 0.6) is 5.75 Å². The van der Waals surface area contributed by atoms with Crippen LogP contribution >= 0.6 is 11.8 Å². The first-order valence-electron chi connectivity index (χ1n) is 12.8. The van der Waals surface area contributed by atoms with Gasteiger partial charge >= 0.3 is 0 Å². The molecule has 1 amide bonds. The van der Waals surface area contributed by atoms with Crippen molar-refractivity contribution in [1.82, 2.24) is 14.5 Å². The minimum atomic E-state index is -0.186. The molecule has 1 aromatic heterocycles. The van der Waals surface area contributed by atoms with E-state index in [9.17, 15) is 9.59 Å². The van der Waals surface area contributed by atoms with Crippen LogP contribution in [0, 0.1) is 0 Å². The van der Waals surface area contributed by atoms with Crippen LogP contribution in [0.3, 0.4) is 0 Å². The fourth-order valence-electron chi connectivity index (χ4n) is 4.41. The van der Waals surface area contributed by atoms with Crippen molar-refractivity contribution >= 4 is 28.6 Å². The molecular formula is C32H29N3O3S. The Morgan fingerprint density at radius 1 is 0.872 bits per heavy atom. The molecule has 0 aliphatic rings. The van der Waals surface area contributed by atoms with Gasteiger partial charge in [-0.3, -0.25) is 14.2 Å². The Bertz CT molecular complexity index is 1620. The third-order valence-electron chi connectivity index (χ3n) is 6.46. The number of ether oxygens (including phenoxy) is 1. The van der Waals surface area contributed by atoms with E-state index < -0.39 is 0 Å². The van der Waals surface area contributed by atoms with Gasteiger partial charge in [0.2, 0.25) is 5.91 Å². The van der Waals surface area contributed by atoms with Gasteiger partial charge in [-0.15, -0.1) is 0 Å². The molecule has 39 heavy (non-hydrogen) atoms. The zero-order valence-corrected chi connectivity index (χ0v) is 22.5. The molecule has 0 saturated carbocycles. The summed E-state index contributed by atoms with van der Waals surface area (Å²) in [5.74, 6) is 0.769. The summed E-state index contributed by atoms with van der Waals surface area (Å²) in [6.07, 6.45) is 0.757. The Morgan fingerprint density at radius 3 is 2.31 bits per heavy atom. The number of methoxy groups -OCH3 is 1. The molecule has 0 bridgehead atoms. The third kappa shape index (κ3) is 6.38. The maximum Gasteiger partial charge on any atom is 0.266 e. The summed E-state index contributed by atoms with van der Waals surface area (Å²) in [4.78, 5) is 33.9. The highest BCUT2D eigenvalue weighted by molar-refractivity contribution is 7.99. The predicted octanol–water partition coefficient (Wildman–Crippen LogP) is 5.76. The average molecular weight is 536 g/mol. The number of benzene rings is 4. The Balaban J connectivity index is 1.43. The fourth-order valence-corrected chi connectivity index (χ4v) is 5.32. The Labute approximate surface area is 231 Å². The van der Waals surface area contributed by atoms with Crippen molar-refractivity contribution in [3.63, 3.8) is 0 Å². The molecule has 0 unspecified atom stereocenters. The van der Waals surface area contributed by atoms with Gasteiger partial charge in [-0.25, -0.2) is 4.98 Å². The molecule has 0 N–H and O–H groups in total. The molecule has 0 radical (unpaired) electrons. The number of hydrogen-bond donors (Lipinski definition) is 0. The van der Waals surface area contributed by atoms with Gasteiger partial charge in [-0.1, -0.05) is 90.6 Å². The Kier molecular flexibility index (Phi) is 8.39. The van der Waals surface area contributed by atoms with Crippen molar-refractivity contribution in [3.05, 3.63) is 131 Å². The summed E-state index contributed by atoms with van der Waals surface area (Å²) in [6, 6.07) is 34.7. The van der Waals surface area contributed by atoms with Gasteiger partial charge in [0, 0.05) is 19.2 Å². The second-order valence-corrected chi connectivity index (χ2v) is 10.0. The molecule has 7 heteroatoms. The summed E-state index contributed by atoms with van der Waals surface area (Å²) in [5, 5.41) is 0.979. The van der Waals surface area contributed by atoms with Crippen molar-refractivity contribution in [1.29, 1.82) is 0 Å². The summed E-state index contributed by atoms with van der Waals surface area (Å²) in [7, 11) is 1.59. The lowest BCUT2D eigenvalue weighted by Gasteiger charge is -2.23. The van der Waals surface area contributed by atoms with Crippen LogP contribution in [-0.4, -0.2) is 39.8 Å². The van der Waals surface area contributed by atoms with E-state index >= 15 is 0 Å². The number of nitrogens with zero attached hydrogens (tertiary/aromatic N) is 3. The highest BCUT2D eigenvalue weighted by Crippen LogP contribution is 2.24. The van der Waals surface area contributed by atoms with Crippen LogP contribution in [0.15, 0.2) is 119 Å². The van der Waals surface area contributed by atoms with Gasteiger partial charge in [-0.2, -0.15) is 0 Å². The standard InChI is InChI=1S/C32H29N3O3S/c1-38-27-16-10-15-26(21-27)35-31(37)28-17-8-9-18-29(28)33-32(35)39-23-30(36)34(22-25-13-6-3-7-14-25)20-19-24-11-4-2-5-12-24/h2-18,21H,19-20,22-23H2,1H3. The van der Waals surface area contributed by atoms with Gasteiger partial charge in [0.1, 0.15) is 5.75 Å². The molecule has 0 fully saturated rings. The molecule has 4 aromatic carbocycles. The predicted molar refractivity (Wildman–Crippen MR) is 157 cm³/mol. The maximum atomic E-state index is 13.6. The molecule has 0 spiro atoms. The van der Waals surface area contributed by atoms with Crippen molar-refractivity contribution in [3.8, 4) is 11.4 Å². The van der Waals surface area contributed by atoms with Gasteiger partial charge in [-0.05, 0) is 41.8 Å². The molecule has 5 rings (SSSR count). The number of para-hydroxylation sites is 1. The van der Waals surface area contributed by atoms with Crippen LogP contribution < -0.4 is 10.3 Å². The summed E-state index contributed by atoms with van der Waals surface area (Å²) in [5.41, 5.74) is 3.30. The van der Waals surface area contributed by atoms with Crippen LogP contribution in [0.4, 0.5) is 0 Å². The van der Waals surface area contributed by atoms with E-state index in [2.05, 4.69) is 12.1 Å². The first-order valence-corrected chi connectivity index (χ1v) is 13.8. The van der Waals surface area contributed by atoms with Gasteiger partial charge in [0.05, 0.1) is 29.5 Å². The van der Waals surface area contributed by atoms with Gasteiger partial charge in [0.15, 0.2) is 5.16 Å². The highest BCUT2D eigenvalue weighted by atomic mass is 32.2. The Hall–Kier alpha value is -4.36. The summed E-state index contributed by atoms with van der Waals surface area (Å²) in [6.45, 7) is 1.10. The summed E-state index contributed by atoms with van der Waals surface area (Å²) >= 11 is 1.27. The van der Waals surface area contributed by atoms with E-state index in [0.29, 0.717) is 40.6 Å². The molecule has 0 aliphatic heterocycles. The molecule has 196 valence electrons. The topological polar surface area (TPSA) is 64.4 Å². The van der Waals surface area contributed by atoms with E-state index in [1.165, 1.54) is 17.3 Å². The first kappa shape index (κ1) is 26.3. The SMILES string of the molecule is COc1cccc(-n2c(SCC(=O)N(CCc3ccccc3)Cc3ccccc3)nc3ccccc3c2=O)c1. The fraction of sp³-hybridized carbons (Fsp3) is 0.156. The van der Waals surface area contributed by atoms with Crippen molar-refractivity contribution in [2.45, 2.75) is 18.1 Å². The van der Waals surface area contributed by atoms with Crippen molar-refractivity contribution in [2.75, 3.05) is 19.4 Å². The zero-order chi connectivity index (χ0) is 27.0. The van der Waals surface area contributed by atoms with E-state index in [1.54, 1.807) is 23.8 Å². The molecule has 0 atom stereocenters. The monoisotopic (exact) mass is 535 g/mol. The maximum absolute atomic E-state index is 13.6. The minimum absolute atomic E-state index is 0.0145. The number of hydrogen-bond acceptors (Lipinski definition) is 5. The van der Waals surface area contributed by atoms with E-state index in [0.717, 1.165) is 12.0 Å². The average Bonchev–Trinajstić information content (AvgIpc) is 2.99. The normalized spacial score (nSPS) is 10.9. The van der Waals surface area contributed by atoms with Gasteiger partial charge in [0.25, 0.3) is 5.56 Å². The highest BCUT2D eigenvalue weighted by Gasteiger charge is 2.19. The quantitative estimate of drug-likeness (QED) is 0.168. The van der Waals surface area contributed by atoms with Gasteiger partial charge < -0.3 is 9.64 Å². The number of thioether (sulfide) groups is 1. The summed E-state index contributed by atoms with van der Waals surface area (Å²) < 4.78 is 6.95. The van der Waals surface area contributed by atoms with E-state index in [-0.39, 0.29) is 17.2 Å². The number of carbonyl (C=O) groups is 1. The lowest BCUT2D eigenvalue weighted by atomic mass is 10.1. The Morgan fingerprint density at radius 2 is 1.56 bits per heavy atom. The van der Waals surface area contributed by atoms with Crippen LogP contribution in [0.2, 0.25) is 0 Å².